The number of carbonyl (C=O) groups excluding carboxylic acids is 2. The van der Waals surface area contributed by atoms with E-state index in [-0.39, 0.29) is 18.4 Å². The van der Waals surface area contributed by atoms with Gasteiger partial charge in [0.15, 0.2) is 0 Å². The molecule has 4 aromatic rings. The van der Waals surface area contributed by atoms with E-state index in [1.165, 1.54) is 14.0 Å². The zero-order valence-corrected chi connectivity index (χ0v) is 23.6. The number of carbonyl (C=O) groups is 3. The second-order valence-corrected chi connectivity index (χ2v) is 9.41. The predicted molar refractivity (Wildman–Crippen MR) is 157 cm³/mol. The summed E-state index contributed by atoms with van der Waals surface area (Å²) >= 11 is 6.22. The van der Waals surface area contributed by atoms with E-state index in [1.54, 1.807) is 30.5 Å². The molecule has 0 saturated heterocycles. The molecule has 43 heavy (non-hydrogen) atoms. The summed E-state index contributed by atoms with van der Waals surface area (Å²) in [7, 11) is 1.53. The van der Waals surface area contributed by atoms with Crippen molar-refractivity contribution in [3.8, 4) is 5.75 Å². The van der Waals surface area contributed by atoms with Crippen LogP contribution in [0.4, 0.5) is 30.4 Å². The largest absolute Gasteiger partial charge is 0.495 e. The number of anilines is 3. The van der Waals surface area contributed by atoms with E-state index in [4.69, 9.17) is 32.0 Å². The lowest BCUT2D eigenvalue weighted by Gasteiger charge is -2.21. The van der Waals surface area contributed by atoms with E-state index in [0.29, 0.717) is 27.8 Å². The number of hydrogen-bond acceptors (Lipinski definition) is 7. The molecule has 226 valence electrons. The maximum absolute atomic E-state index is 13.4. The van der Waals surface area contributed by atoms with Crippen molar-refractivity contribution >= 4 is 57.3 Å². The fourth-order valence-electron chi connectivity index (χ4n) is 3.87. The van der Waals surface area contributed by atoms with Crippen molar-refractivity contribution < 1.29 is 37.4 Å². The number of hydrogen-bond donors (Lipinski definition) is 5. The number of halogens is 4. The molecule has 1 atom stereocenters. The fraction of sp³-hybridized carbons (Fsp3) is 0.172. The molecule has 1 heterocycles. The highest BCUT2D eigenvalue weighted by molar-refractivity contribution is 6.32. The zero-order valence-electron chi connectivity index (χ0n) is 22.8. The SMILES string of the molecule is COc1cc(C(Nc2ccc3c(N)nccc3c2)C(=O)NCc2cccc(NC(C)=O)c2)ccc1Cl.O=C(O)C(F)(F)F. The van der Waals surface area contributed by atoms with Crippen molar-refractivity contribution in [3.05, 3.63) is 89.1 Å². The average Bonchev–Trinajstić information content (AvgIpc) is 2.95. The topological polar surface area (TPSA) is 156 Å². The number of pyridine rings is 1. The maximum atomic E-state index is 13.4. The third kappa shape index (κ3) is 9.23. The van der Waals surface area contributed by atoms with Gasteiger partial charge in [0.05, 0.1) is 12.1 Å². The molecule has 0 aliphatic carbocycles. The molecule has 0 bridgehead atoms. The Morgan fingerprint density at radius 2 is 1.77 bits per heavy atom. The smallest absolute Gasteiger partial charge is 0.490 e. The first kappa shape index (κ1) is 32.5. The van der Waals surface area contributed by atoms with Crippen molar-refractivity contribution in [1.82, 2.24) is 10.3 Å². The minimum atomic E-state index is -5.08. The molecule has 4 rings (SSSR count). The van der Waals surface area contributed by atoms with Crippen LogP contribution in [0.5, 0.6) is 5.75 Å². The highest BCUT2D eigenvalue weighted by atomic mass is 35.5. The van der Waals surface area contributed by atoms with Gasteiger partial charge in [0.2, 0.25) is 11.8 Å². The Bertz CT molecular complexity index is 1630. The molecule has 0 aliphatic rings. The van der Waals surface area contributed by atoms with Crippen LogP contribution in [0.1, 0.15) is 24.1 Å². The third-order valence-corrected chi connectivity index (χ3v) is 6.15. The van der Waals surface area contributed by atoms with Gasteiger partial charge in [-0.1, -0.05) is 29.8 Å². The summed E-state index contributed by atoms with van der Waals surface area (Å²) in [5.74, 6) is -2.26. The van der Waals surface area contributed by atoms with Crippen LogP contribution in [-0.4, -0.2) is 41.2 Å². The lowest BCUT2D eigenvalue weighted by atomic mass is 10.0. The molecule has 6 N–H and O–H groups in total. The van der Waals surface area contributed by atoms with Gasteiger partial charge >= 0.3 is 12.1 Å². The summed E-state index contributed by atoms with van der Waals surface area (Å²) in [6, 6.07) is 19.3. The van der Waals surface area contributed by atoms with Gasteiger partial charge in [-0.3, -0.25) is 9.59 Å². The number of methoxy groups -OCH3 is 1. The lowest BCUT2D eigenvalue weighted by Crippen LogP contribution is -2.33. The van der Waals surface area contributed by atoms with Crippen molar-refractivity contribution in [3.63, 3.8) is 0 Å². The second-order valence-electron chi connectivity index (χ2n) is 9.01. The standard InChI is InChI=1S/C27H26ClN5O3.C2HF3O2/c1-16(34)32-20-5-3-4-17(12-20)15-31-27(35)25(19-6-9-23(28)24(14-19)36-2)33-21-7-8-22-18(13-21)10-11-30-26(22)29;3-2(4,5)1(6)7/h3-14,25,33H,15H2,1-2H3,(H2,29,30)(H,31,35)(H,32,34);(H,6,7). The Labute approximate surface area is 249 Å². The van der Waals surface area contributed by atoms with Crippen LogP contribution in [0.15, 0.2) is 72.9 Å². The summed E-state index contributed by atoms with van der Waals surface area (Å²) in [6.45, 7) is 1.72. The molecule has 1 aromatic heterocycles. The number of carboxylic acid groups (broad SMARTS) is 1. The number of nitrogens with zero attached hydrogens (tertiary/aromatic N) is 1. The first-order valence-electron chi connectivity index (χ1n) is 12.5. The van der Waals surface area contributed by atoms with Crippen LogP contribution in [0.3, 0.4) is 0 Å². The van der Waals surface area contributed by atoms with Gasteiger partial charge < -0.3 is 31.5 Å². The van der Waals surface area contributed by atoms with Gasteiger partial charge in [-0.05, 0) is 65.0 Å². The van der Waals surface area contributed by atoms with Crippen LogP contribution in [0, 0.1) is 0 Å². The molecule has 14 heteroatoms. The van der Waals surface area contributed by atoms with E-state index in [1.807, 2.05) is 42.5 Å². The Hall–Kier alpha value is -5.04. The number of amides is 2. The molecule has 0 radical (unpaired) electrons. The van der Waals surface area contributed by atoms with Crippen LogP contribution in [-0.2, 0) is 20.9 Å². The van der Waals surface area contributed by atoms with E-state index < -0.39 is 18.2 Å². The quantitative estimate of drug-likeness (QED) is 0.173. The van der Waals surface area contributed by atoms with Gasteiger partial charge in [0.1, 0.15) is 17.6 Å². The van der Waals surface area contributed by atoms with Gasteiger partial charge in [0.25, 0.3) is 0 Å². The Balaban J connectivity index is 0.000000646. The molecule has 0 spiro atoms. The van der Waals surface area contributed by atoms with Crippen molar-refractivity contribution in [2.75, 3.05) is 23.5 Å². The van der Waals surface area contributed by atoms with Gasteiger partial charge in [-0.15, -0.1) is 0 Å². The Kier molecular flexibility index (Phi) is 10.7. The average molecular weight is 618 g/mol. The van der Waals surface area contributed by atoms with Crippen LogP contribution in [0.2, 0.25) is 5.02 Å². The number of benzene rings is 3. The first-order chi connectivity index (χ1) is 20.3. The van der Waals surface area contributed by atoms with Crippen molar-refractivity contribution in [2.45, 2.75) is 25.7 Å². The van der Waals surface area contributed by atoms with Crippen LogP contribution < -0.4 is 26.4 Å². The van der Waals surface area contributed by atoms with Gasteiger partial charge in [0, 0.05) is 36.4 Å². The number of ether oxygens (including phenoxy) is 1. The first-order valence-corrected chi connectivity index (χ1v) is 12.8. The van der Waals surface area contributed by atoms with Crippen molar-refractivity contribution in [2.24, 2.45) is 0 Å². The number of aliphatic carboxylic acids is 1. The molecule has 0 aliphatic heterocycles. The number of nitrogens with two attached hydrogens (primary N) is 1. The number of nitrogens with one attached hydrogen (secondary N) is 3. The number of aromatic nitrogens is 1. The number of carboxylic acids is 1. The van der Waals surface area contributed by atoms with E-state index in [0.717, 1.165) is 22.0 Å². The summed E-state index contributed by atoms with van der Waals surface area (Å²) < 4.78 is 37.1. The van der Waals surface area contributed by atoms with E-state index >= 15 is 0 Å². The minimum absolute atomic E-state index is 0.162. The van der Waals surface area contributed by atoms with E-state index in [2.05, 4.69) is 20.9 Å². The van der Waals surface area contributed by atoms with Gasteiger partial charge in [-0.2, -0.15) is 13.2 Å². The number of alkyl halides is 3. The zero-order chi connectivity index (χ0) is 31.7. The minimum Gasteiger partial charge on any atom is -0.495 e. The molecule has 0 fully saturated rings. The maximum Gasteiger partial charge on any atom is 0.490 e. The number of nitrogen functional groups attached to an aromatic ring is 1. The number of fused-ring (bicyclic) bond motifs is 1. The van der Waals surface area contributed by atoms with Crippen LogP contribution >= 0.6 is 11.6 Å². The molecule has 3 aromatic carbocycles. The second kappa shape index (κ2) is 14.2. The van der Waals surface area contributed by atoms with Gasteiger partial charge in [-0.25, -0.2) is 9.78 Å². The highest BCUT2D eigenvalue weighted by Crippen LogP contribution is 2.31. The molecular weight excluding hydrogens is 591 g/mol. The predicted octanol–water partition coefficient (Wildman–Crippen LogP) is 5.54. The molecular formula is C29H27ClF3N5O5. The summed E-state index contributed by atoms with van der Waals surface area (Å²) in [6.07, 6.45) is -3.44. The molecule has 1 unspecified atom stereocenters. The highest BCUT2D eigenvalue weighted by Gasteiger charge is 2.38. The number of rotatable bonds is 8. The Morgan fingerprint density at radius 1 is 1.05 bits per heavy atom. The van der Waals surface area contributed by atoms with E-state index in [9.17, 15) is 22.8 Å². The van der Waals surface area contributed by atoms with Crippen molar-refractivity contribution in [1.29, 1.82) is 0 Å². The van der Waals surface area contributed by atoms with Crippen LogP contribution in [0.25, 0.3) is 10.8 Å². The normalized spacial score (nSPS) is 11.5. The molecule has 10 nitrogen and oxygen atoms in total. The summed E-state index contributed by atoms with van der Waals surface area (Å²) in [5, 5.41) is 18.3. The summed E-state index contributed by atoms with van der Waals surface area (Å²) in [5.41, 5.74) is 8.89. The third-order valence-electron chi connectivity index (χ3n) is 5.83. The fourth-order valence-corrected chi connectivity index (χ4v) is 4.06. The monoisotopic (exact) mass is 617 g/mol. The summed E-state index contributed by atoms with van der Waals surface area (Å²) in [4.78, 5) is 37.8. The lowest BCUT2D eigenvalue weighted by molar-refractivity contribution is -0.192. The molecule has 2 amide bonds. The Morgan fingerprint density at radius 3 is 2.42 bits per heavy atom. The molecule has 0 saturated carbocycles.